The van der Waals surface area contributed by atoms with Gasteiger partial charge in [0.2, 0.25) is 11.8 Å². The van der Waals surface area contributed by atoms with Gasteiger partial charge in [0.15, 0.2) is 5.82 Å². The summed E-state index contributed by atoms with van der Waals surface area (Å²) >= 11 is 0. The van der Waals surface area contributed by atoms with Gasteiger partial charge in [-0.15, -0.1) is 0 Å². The first-order valence-electron chi connectivity index (χ1n) is 9.93. The molecule has 9 nitrogen and oxygen atoms in total. The molecule has 2 aromatic rings. The molecule has 0 radical (unpaired) electrons. The average molecular weight is 426 g/mol. The molecule has 0 aromatic carbocycles. The van der Waals surface area contributed by atoms with Crippen LogP contribution in [0.2, 0.25) is 0 Å². The summed E-state index contributed by atoms with van der Waals surface area (Å²) in [6.07, 6.45) is -2.75. The molecule has 30 heavy (non-hydrogen) atoms. The van der Waals surface area contributed by atoms with Crippen LogP contribution in [0.15, 0.2) is 15.4 Å². The lowest BCUT2D eigenvalue weighted by molar-refractivity contribution is -0.153. The molecule has 0 spiro atoms. The van der Waals surface area contributed by atoms with Crippen LogP contribution >= 0.6 is 0 Å². The van der Waals surface area contributed by atoms with Gasteiger partial charge in [-0.1, -0.05) is 5.16 Å². The summed E-state index contributed by atoms with van der Waals surface area (Å²) in [4.78, 5) is 24.3. The largest absolute Gasteiger partial charge is 0.408 e. The molecule has 162 valence electrons. The zero-order chi connectivity index (χ0) is 21.0. The van der Waals surface area contributed by atoms with Crippen molar-refractivity contribution in [2.75, 3.05) is 22.9 Å². The molecular formula is C18H21F3N6O3. The Labute approximate surface area is 169 Å². The summed E-state index contributed by atoms with van der Waals surface area (Å²) in [6.45, 7) is 2.39. The minimum absolute atomic E-state index is 0.0210. The number of aromatic nitrogens is 4. The Morgan fingerprint density at radius 2 is 1.90 bits per heavy atom. The van der Waals surface area contributed by atoms with Crippen LogP contribution in [-0.2, 0) is 17.8 Å². The molecule has 3 unspecified atom stereocenters. The van der Waals surface area contributed by atoms with E-state index in [2.05, 4.69) is 15.1 Å². The van der Waals surface area contributed by atoms with E-state index in [9.17, 15) is 18.0 Å². The summed E-state index contributed by atoms with van der Waals surface area (Å²) in [5.41, 5.74) is -0.372. The Hall–Kier alpha value is -2.63. The summed E-state index contributed by atoms with van der Waals surface area (Å²) in [6, 6.07) is -0.391. The molecule has 12 heteroatoms. The van der Waals surface area contributed by atoms with Crippen molar-refractivity contribution in [2.45, 2.75) is 63.7 Å². The number of hydrogen-bond acceptors (Lipinski definition) is 8. The van der Waals surface area contributed by atoms with Crippen LogP contribution in [0.5, 0.6) is 0 Å². The van der Waals surface area contributed by atoms with Crippen LogP contribution in [0, 0.1) is 6.92 Å². The zero-order valence-electron chi connectivity index (χ0n) is 16.3. The number of nitrogens with zero attached hydrogens (tertiary/aromatic N) is 6. The van der Waals surface area contributed by atoms with Gasteiger partial charge in [-0.3, -0.25) is 9.36 Å². The molecule has 2 aromatic heterocycles. The van der Waals surface area contributed by atoms with E-state index < -0.39 is 12.2 Å². The highest BCUT2D eigenvalue weighted by Crippen LogP contribution is 2.36. The molecular weight excluding hydrogens is 405 g/mol. The number of anilines is 2. The number of aryl methyl sites for hydroxylation is 1. The fourth-order valence-corrected chi connectivity index (χ4v) is 4.50. The molecule has 3 aliphatic rings. The molecule has 2 fully saturated rings. The van der Waals surface area contributed by atoms with Crippen LogP contribution in [0.4, 0.5) is 24.9 Å². The fraction of sp³-hybridized carbons (Fsp3) is 0.667. The number of fused-ring (bicyclic) bond motifs is 3. The minimum atomic E-state index is -4.49. The second kappa shape index (κ2) is 6.96. The number of morpholine rings is 1. The van der Waals surface area contributed by atoms with Crippen molar-refractivity contribution in [1.29, 1.82) is 0 Å². The number of alkyl halides is 3. The molecule has 0 aliphatic carbocycles. The van der Waals surface area contributed by atoms with Crippen molar-refractivity contribution in [3.05, 3.63) is 28.1 Å². The van der Waals surface area contributed by atoms with Crippen LogP contribution in [0.1, 0.15) is 31.0 Å². The van der Waals surface area contributed by atoms with Gasteiger partial charge in [-0.25, -0.2) is 0 Å². The van der Waals surface area contributed by atoms with Gasteiger partial charge in [-0.05, 0) is 19.3 Å². The highest BCUT2D eigenvalue weighted by molar-refractivity contribution is 5.47. The lowest BCUT2D eigenvalue weighted by Crippen LogP contribution is -2.52. The Morgan fingerprint density at radius 3 is 2.53 bits per heavy atom. The van der Waals surface area contributed by atoms with Crippen molar-refractivity contribution in [1.82, 2.24) is 19.7 Å². The first-order valence-corrected chi connectivity index (χ1v) is 9.93. The highest BCUT2D eigenvalue weighted by Gasteiger charge is 2.47. The molecule has 2 bridgehead atoms. The third-order valence-electron chi connectivity index (χ3n) is 5.86. The predicted molar refractivity (Wildman–Crippen MR) is 98.3 cm³/mol. The quantitative estimate of drug-likeness (QED) is 0.732. The first-order chi connectivity index (χ1) is 14.3. The topological polar surface area (TPSA) is 89.5 Å². The summed E-state index contributed by atoms with van der Waals surface area (Å²) in [5.74, 6) is 0.726. The molecule has 0 saturated carbocycles. The second-order valence-electron chi connectivity index (χ2n) is 7.97. The smallest absolute Gasteiger partial charge is 0.371 e. The van der Waals surface area contributed by atoms with Gasteiger partial charge < -0.3 is 19.1 Å². The number of ether oxygens (including phenoxy) is 1. The molecule has 0 N–H and O–H groups in total. The van der Waals surface area contributed by atoms with Crippen molar-refractivity contribution >= 4 is 11.8 Å². The van der Waals surface area contributed by atoms with E-state index in [1.165, 1.54) is 10.6 Å². The Morgan fingerprint density at radius 1 is 1.17 bits per heavy atom. The van der Waals surface area contributed by atoms with E-state index >= 15 is 0 Å². The maximum Gasteiger partial charge on any atom is 0.408 e. The third-order valence-corrected chi connectivity index (χ3v) is 5.86. The summed E-state index contributed by atoms with van der Waals surface area (Å²) < 4.78 is 53.4. The number of halogens is 3. The molecule has 3 aliphatic heterocycles. The van der Waals surface area contributed by atoms with Gasteiger partial charge in [0.25, 0.3) is 5.56 Å². The monoisotopic (exact) mass is 426 g/mol. The van der Waals surface area contributed by atoms with Gasteiger partial charge in [0.1, 0.15) is 11.9 Å². The molecule has 0 amide bonds. The third kappa shape index (κ3) is 3.42. The summed E-state index contributed by atoms with van der Waals surface area (Å²) in [5, 5.41) is 3.72. The van der Waals surface area contributed by atoms with Crippen molar-refractivity contribution < 1.29 is 22.4 Å². The Bertz CT molecular complexity index is 994. The van der Waals surface area contributed by atoms with Gasteiger partial charge >= 0.3 is 6.18 Å². The Balaban J connectivity index is 1.55. The zero-order valence-corrected chi connectivity index (χ0v) is 16.3. The maximum absolute atomic E-state index is 13.8. The molecule has 3 atom stereocenters. The van der Waals surface area contributed by atoms with E-state index in [4.69, 9.17) is 9.26 Å². The predicted octanol–water partition coefficient (Wildman–Crippen LogP) is 1.64. The highest BCUT2D eigenvalue weighted by atomic mass is 19.4. The lowest BCUT2D eigenvalue weighted by Gasteiger charge is -2.39. The van der Waals surface area contributed by atoms with Gasteiger partial charge in [0.05, 0.1) is 18.8 Å². The van der Waals surface area contributed by atoms with Crippen molar-refractivity contribution in [3.8, 4) is 0 Å². The summed E-state index contributed by atoms with van der Waals surface area (Å²) in [7, 11) is 0. The normalized spacial score (nSPS) is 26.2. The van der Waals surface area contributed by atoms with Crippen molar-refractivity contribution in [3.63, 3.8) is 0 Å². The van der Waals surface area contributed by atoms with E-state index in [0.717, 1.165) is 17.7 Å². The van der Waals surface area contributed by atoms with E-state index in [1.54, 1.807) is 6.92 Å². The SMILES string of the molecule is Cc1nc(CN2c3nc(N4CC5CCC(C4)O5)cc(=O)n3CCC2C(F)(F)F)no1. The minimum Gasteiger partial charge on any atom is -0.371 e. The van der Waals surface area contributed by atoms with Crippen LogP contribution in [-0.4, -0.2) is 57.2 Å². The maximum atomic E-state index is 13.8. The second-order valence-corrected chi connectivity index (χ2v) is 7.97. The van der Waals surface area contributed by atoms with Crippen LogP contribution in [0.3, 0.4) is 0 Å². The van der Waals surface area contributed by atoms with Gasteiger partial charge in [-0.2, -0.15) is 23.1 Å². The van der Waals surface area contributed by atoms with Crippen LogP contribution in [0.25, 0.3) is 0 Å². The van der Waals surface area contributed by atoms with Crippen LogP contribution < -0.4 is 15.4 Å². The molecule has 5 heterocycles. The number of rotatable bonds is 3. The standard InChI is InChI=1S/C18H21F3N6O3/c1-10-22-14(24-30-10)9-27-13(18(19,20)21)4-5-26-16(28)6-15(23-17(26)27)25-7-11-2-3-12(8-25)29-11/h6,11-13H,2-5,7-9H2,1H3. The van der Waals surface area contributed by atoms with E-state index in [-0.39, 0.29) is 54.9 Å². The molecule has 2 saturated heterocycles. The Kier molecular flexibility index (Phi) is 4.49. The lowest BCUT2D eigenvalue weighted by atomic mass is 10.1. The first kappa shape index (κ1) is 19.3. The van der Waals surface area contributed by atoms with Gasteiger partial charge in [0, 0.05) is 32.6 Å². The van der Waals surface area contributed by atoms with Crippen molar-refractivity contribution in [2.24, 2.45) is 0 Å². The molecule has 5 rings (SSSR count). The number of hydrogen-bond donors (Lipinski definition) is 0. The average Bonchev–Trinajstić information content (AvgIpc) is 3.25. The fourth-order valence-electron chi connectivity index (χ4n) is 4.50. The van der Waals surface area contributed by atoms with E-state index in [0.29, 0.717) is 18.9 Å². The van der Waals surface area contributed by atoms with E-state index in [1.807, 2.05) is 4.90 Å².